The monoisotopic (exact) mass is 332 g/mol. The van der Waals surface area contributed by atoms with Gasteiger partial charge >= 0.3 is 0 Å². The van der Waals surface area contributed by atoms with Crippen LogP contribution in [-0.2, 0) is 13.1 Å². The smallest absolute Gasteiger partial charge is 0.261 e. The maximum atomic E-state index is 12.4. The van der Waals surface area contributed by atoms with Crippen molar-refractivity contribution in [2.24, 2.45) is 0 Å². The second-order valence-electron chi connectivity index (χ2n) is 6.14. The van der Waals surface area contributed by atoms with Crippen LogP contribution in [0.25, 0.3) is 0 Å². The van der Waals surface area contributed by atoms with E-state index < -0.39 is 0 Å². The molecule has 0 fully saturated rings. The van der Waals surface area contributed by atoms with Crippen LogP contribution in [0.3, 0.4) is 0 Å². The van der Waals surface area contributed by atoms with E-state index in [4.69, 9.17) is 0 Å². The number of rotatable bonds is 4. The Kier molecular flexibility index (Phi) is 3.65. The molecule has 1 aliphatic rings. The first-order valence-corrected chi connectivity index (χ1v) is 8.01. The molecule has 0 radical (unpaired) electrons. The number of hydrogen-bond donors (Lipinski definition) is 0. The van der Waals surface area contributed by atoms with Gasteiger partial charge in [0.2, 0.25) is 0 Å². The first-order chi connectivity index (χ1) is 12.1. The standard InChI is InChI=1S/C19H16N4O2/c1-13-6-8-14(9-7-13)10-22-11-15(20-21-22)12-23-18(24)16-4-2-3-5-17(16)19(23)25/h2-9,11H,10,12H2,1H3. The number of carbonyl (C=O) groups excluding carboxylic acids is 2. The number of nitrogens with zero attached hydrogens (tertiary/aromatic N) is 4. The molecule has 1 aromatic heterocycles. The molecule has 2 heterocycles. The molecule has 3 aromatic rings. The Bertz CT molecular complexity index is 925. The van der Waals surface area contributed by atoms with Crippen LogP contribution in [0.1, 0.15) is 37.5 Å². The minimum atomic E-state index is -0.284. The van der Waals surface area contributed by atoms with E-state index in [1.165, 1.54) is 10.5 Å². The molecule has 0 N–H and O–H groups in total. The van der Waals surface area contributed by atoms with Gasteiger partial charge in [-0.15, -0.1) is 5.10 Å². The van der Waals surface area contributed by atoms with Gasteiger partial charge in [0.25, 0.3) is 11.8 Å². The normalized spacial score (nSPS) is 13.4. The van der Waals surface area contributed by atoms with Crippen LogP contribution in [0, 0.1) is 6.92 Å². The number of aromatic nitrogens is 3. The number of amides is 2. The summed E-state index contributed by atoms with van der Waals surface area (Å²) in [6, 6.07) is 15.0. The number of fused-ring (bicyclic) bond motifs is 1. The summed E-state index contributed by atoms with van der Waals surface area (Å²) in [6.45, 7) is 2.76. The molecule has 124 valence electrons. The summed E-state index contributed by atoms with van der Waals surface area (Å²) < 4.78 is 1.71. The molecule has 0 saturated heterocycles. The third kappa shape index (κ3) is 2.82. The maximum absolute atomic E-state index is 12.4. The van der Waals surface area contributed by atoms with Gasteiger partial charge in [0.1, 0.15) is 5.69 Å². The van der Waals surface area contributed by atoms with Crippen LogP contribution in [0.2, 0.25) is 0 Å². The third-order valence-corrected chi connectivity index (χ3v) is 4.25. The van der Waals surface area contributed by atoms with E-state index in [1.54, 1.807) is 35.1 Å². The van der Waals surface area contributed by atoms with Crippen molar-refractivity contribution in [2.75, 3.05) is 0 Å². The van der Waals surface area contributed by atoms with Crippen LogP contribution >= 0.6 is 0 Å². The molecule has 0 spiro atoms. The van der Waals surface area contributed by atoms with Crippen LogP contribution in [0.4, 0.5) is 0 Å². The highest BCUT2D eigenvalue weighted by Crippen LogP contribution is 2.23. The lowest BCUT2D eigenvalue weighted by Gasteiger charge is -2.11. The largest absolute Gasteiger partial charge is 0.269 e. The minimum Gasteiger partial charge on any atom is -0.269 e. The minimum absolute atomic E-state index is 0.125. The van der Waals surface area contributed by atoms with Gasteiger partial charge in [-0.25, -0.2) is 4.68 Å². The van der Waals surface area contributed by atoms with Crippen molar-refractivity contribution in [1.82, 2.24) is 19.9 Å². The number of carbonyl (C=O) groups is 2. The second-order valence-corrected chi connectivity index (χ2v) is 6.14. The second kappa shape index (κ2) is 5.98. The summed E-state index contributed by atoms with van der Waals surface area (Å²) >= 11 is 0. The molecule has 0 saturated carbocycles. The molecule has 4 rings (SSSR count). The molecular formula is C19H16N4O2. The SMILES string of the molecule is Cc1ccc(Cn2cc(CN3C(=O)c4ccccc4C3=O)nn2)cc1. The zero-order valence-corrected chi connectivity index (χ0v) is 13.7. The van der Waals surface area contributed by atoms with Crippen LogP contribution in [-0.4, -0.2) is 31.7 Å². The summed E-state index contributed by atoms with van der Waals surface area (Å²) in [6.07, 6.45) is 1.77. The number of benzene rings is 2. The number of imide groups is 1. The van der Waals surface area contributed by atoms with Crippen LogP contribution in [0.15, 0.2) is 54.7 Å². The Labute approximate surface area is 144 Å². The Balaban J connectivity index is 1.49. The fourth-order valence-electron chi connectivity index (χ4n) is 2.91. The van der Waals surface area contributed by atoms with Gasteiger partial charge in [0, 0.05) is 0 Å². The molecule has 0 bridgehead atoms. The van der Waals surface area contributed by atoms with Gasteiger partial charge in [-0.1, -0.05) is 47.2 Å². The van der Waals surface area contributed by atoms with Crippen molar-refractivity contribution >= 4 is 11.8 Å². The van der Waals surface area contributed by atoms with Crippen molar-refractivity contribution in [3.05, 3.63) is 82.7 Å². The van der Waals surface area contributed by atoms with Crippen LogP contribution < -0.4 is 0 Å². The molecule has 6 nitrogen and oxygen atoms in total. The highest BCUT2D eigenvalue weighted by molar-refractivity contribution is 6.21. The lowest BCUT2D eigenvalue weighted by atomic mass is 10.1. The first-order valence-electron chi connectivity index (χ1n) is 8.01. The molecule has 25 heavy (non-hydrogen) atoms. The van der Waals surface area contributed by atoms with Crippen LogP contribution in [0.5, 0.6) is 0 Å². The van der Waals surface area contributed by atoms with Crippen molar-refractivity contribution < 1.29 is 9.59 Å². The first kappa shape index (κ1) is 15.3. The molecule has 6 heteroatoms. The Morgan fingerprint density at radius 3 is 2.16 bits per heavy atom. The fraction of sp³-hybridized carbons (Fsp3) is 0.158. The predicted octanol–water partition coefficient (Wildman–Crippen LogP) is 2.43. The summed E-state index contributed by atoms with van der Waals surface area (Å²) in [7, 11) is 0. The molecule has 0 aliphatic carbocycles. The Morgan fingerprint density at radius 1 is 0.880 bits per heavy atom. The van der Waals surface area contributed by atoms with Gasteiger partial charge in [0.15, 0.2) is 0 Å². The lowest BCUT2D eigenvalue weighted by molar-refractivity contribution is 0.0640. The summed E-state index contributed by atoms with van der Waals surface area (Å²) in [5.74, 6) is -0.567. The Morgan fingerprint density at radius 2 is 1.52 bits per heavy atom. The maximum Gasteiger partial charge on any atom is 0.261 e. The van der Waals surface area contributed by atoms with Gasteiger partial charge in [-0.2, -0.15) is 0 Å². The van der Waals surface area contributed by atoms with E-state index >= 15 is 0 Å². The predicted molar refractivity (Wildman–Crippen MR) is 90.9 cm³/mol. The van der Waals surface area contributed by atoms with E-state index in [1.807, 2.05) is 31.2 Å². The van der Waals surface area contributed by atoms with Gasteiger partial charge in [-0.05, 0) is 24.6 Å². The fourth-order valence-corrected chi connectivity index (χ4v) is 2.91. The van der Waals surface area contributed by atoms with E-state index in [-0.39, 0.29) is 18.4 Å². The zero-order valence-electron chi connectivity index (χ0n) is 13.7. The van der Waals surface area contributed by atoms with Crippen molar-refractivity contribution in [3.8, 4) is 0 Å². The van der Waals surface area contributed by atoms with E-state index in [0.717, 1.165) is 5.56 Å². The van der Waals surface area contributed by atoms with Crippen molar-refractivity contribution in [1.29, 1.82) is 0 Å². The summed E-state index contributed by atoms with van der Waals surface area (Å²) in [4.78, 5) is 26.0. The zero-order chi connectivity index (χ0) is 17.4. The quantitative estimate of drug-likeness (QED) is 0.688. The van der Waals surface area contributed by atoms with Crippen molar-refractivity contribution in [3.63, 3.8) is 0 Å². The van der Waals surface area contributed by atoms with E-state index in [2.05, 4.69) is 10.3 Å². The third-order valence-electron chi connectivity index (χ3n) is 4.25. The van der Waals surface area contributed by atoms with E-state index in [0.29, 0.717) is 23.4 Å². The highest BCUT2D eigenvalue weighted by atomic mass is 16.2. The van der Waals surface area contributed by atoms with Gasteiger partial charge < -0.3 is 0 Å². The molecule has 2 amide bonds. The van der Waals surface area contributed by atoms with Crippen molar-refractivity contribution in [2.45, 2.75) is 20.0 Å². The van der Waals surface area contributed by atoms with Gasteiger partial charge in [-0.3, -0.25) is 14.5 Å². The topological polar surface area (TPSA) is 68.1 Å². The number of aryl methyl sites for hydroxylation is 1. The Hall–Kier alpha value is -3.28. The molecule has 0 unspecified atom stereocenters. The lowest BCUT2D eigenvalue weighted by Crippen LogP contribution is -2.29. The average Bonchev–Trinajstić information content (AvgIpc) is 3.16. The molecule has 0 atom stereocenters. The summed E-state index contributed by atoms with van der Waals surface area (Å²) in [5, 5.41) is 8.18. The summed E-state index contributed by atoms with van der Waals surface area (Å²) in [5.41, 5.74) is 3.79. The number of hydrogen-bond acceptors (Lipinski definition) is 4. The van der Waals surface area contributed by atoms with Gasteiger partial charge in [0.05, 0.1) is 30.4 Å². The highest BCUT2D eigenvalue weighted by Gasteiger charge is 2.35. The molecule has 1 aliphatic heterocycles. The average molecular weight is 332 g/mol. The molecular weight excluding hydrogens is 316 g/mol. The molecule has 2 aromatic carbocycles. The van der Waals surface area contributed by atoms with E-state index in [9.17, 15) is 9.59 Å².